The molecule has 0 spiro atoms. The quantitative estimate of drug-likeness (QED) is 0.299. The predicted octanol–water partition coefficient (Wildman–Crippen LogP) is 5.97. The topological polar surface area (TPSA) is 50.4 Å². The van der Waals surface area contributed by atoms with Gasteiger partial charge in [-0.25, -0.2) is 0 Å². The summed E-state index contributed by atoms with van der Waals surface area (Å²) in [4.78, 5) is 4.71. The van der Waals surface area contributed by atoms with E-state index in [-0.39, 0.29) is 0 Å². The number of nitrogens with zero attached hydrogens (tertiary/aromatic N) is 1. The van der Waals surface area contributed by atoms with Gasteiger partial charge in [0.15, 0.2) is 0 Å². The van der Waals surface area contributed by atoms with Crippen molar-refractivity contribution in [2.75, 3.05) is 13.1 Å². The highest BCUT2D eigenvalue weighted by molar-refractivity contribution is 5.83. The van der Waals surface area contributed by atoms with E-state index in [2.05, 4.69) is 12.2 Å². The lowest BCUT2D eigenvalue weighted by atomic mass is 10.0. The number of rotatable bonds is 18. The third-order valence-corrected chi connectivity index (χ3v) is 5.40. The van der Waals surface area contributed by atoms with Gasteiger partial charge in [-0.1, -0.05) is 96.8 Å². The molecule has 0 fully saturated rings. The molecule has 1 aliphatic rings. The van der Waals surface area contributed by atoms with Crippen LogP contribution in [0.4, 0.5) is 0 Å². The summed E-state index contributed by atoms with van der Waals surface area (Å²) >= 11 is 0. The van der Waals surface area contributed by atoms with E-state index in [1.165, 1.54) is 102 Å². The van der Waals surface area contributed by atoms with Gasteiger partial charge in [0.2, 0.25) is 0 Å². The lowest BCUT2D eigenvalue weighted by Crippen LogP contribution is -2.22. The highest BCUT2D eigenvalue weighted by Crippen LogP contribution is 2.14. The van der Waals surface area contributed by atoms with Crippen LogP contribution < -0.4 is 11.1 Å². The summed E-state index contributed by atoms with van der Waals surface area (Å²) in [5.74, 6) is 1.23. The van der Waals surface area contributed by atoms with Gasteiger partial charge in [-0.3, -0.25) is 4.99 Å². The molecule has 0 aromatic rings. The minimum atomic E-state index is 0.441. The fourth-order valence-electron chi connectivity index (χ4n) is 3.72. The number of aliphatic imine (C=N–C) groups is 1. The van der Waals surface area contributed by atoms with Gasteiger partial charge < -0.3 is 11.1 Å². The Morgan fingerprint density at radius 2 is 1.28 bits per heavy atom. The molecular formula is C22H45N3. The summed E-state index contributed by atoms with van der Waals surface area (Å²) in [6, 6.07) is 0.441. The predicted molar refractivity (Wildman–Crippen MR) is 112 cm³/mol. The van der Waals surface area contributed by atoms with Crippen molar-refractivity contribution in [2.45, 2.75) is 122 Å². The van der Waals surface area contributed by atoms with Gasteiger partial charge in [0, 0.05) is 13.0 Å². The highest BCUT2D eigenvalue weighted by atomic mass is 15.1. The van der Waals surface area contributed by atoms with E-state index in [0.29, 0.717) is 6.04 Å². The molecule has 1 atom stereocenters. The lowest BCUT2D eigenvalue weighted by Gasteiger charge is -2.04. The van der Waals surface area contributed by atoms with Crippen molar-refractivity contribution in [1.29, 1.82) is 0 Å². The van der Waals surface area contributed by atoms with Crippen LogP contribution in [0.5, 0.6) is 0 Å². The first kappa shape index (κ1) is 22.5. The van der Waals surface area contributed by atoms with Crippen molar-refractivity contribution in [2.24, 2.45) is 10.7 Å². The number of amidine groups is 1. The summed E-state index contributed by atoms with van der Waals surface area (Å²) in [5.41, 5.74) is 5.59. The second kappa shape index (κ2) is 16.9. The van der Waals surface area contributed by atoms with Crippen LogP contribution in [-0.2, 0) is 0 Å². The Labute approximate surface area is 157 Å². The van der Waals surface area contributed by atoms with E-state index in [1.807, 2.05) is 0 Å². The molecule has 3 heteroatoms. The molecule has 3 nitrogen and oxygen atoms in total. The Balaban J connectivity index is 1.74. The van der Waals surface area contributed by atoms with E-state index in [9.17, 15) is 0 Å². The Kier molecular flexibility index (Phi) is 15.2. The Hall–Kier alpha value is -0.570. The Morgan fingerprint density at radius 3 is 1.76 bits per heavy atom. The van der Waals surface area contributed by atoms with Crippen LogP contribution in [-0.4, -0.2) is 25.0 Å². The van der Waals surface area contributed by atoms with E-state index < -0.39 is 0 Å². The van der Waals surface area contributed by atoms with E-state index >= 15 is 0 Å². The van der Waals surface area contributed by atoms with Crippen LogP contribution >= 0.6 is 0 Å². The first-order valence-corrected chi connectivity index (χ1v) is 11.4. The van der Waals surface area contributed by atoms with Crippen LogP contribution in [0.3, 0.4) is 0 Å². The summed E-state index contributed by atoms with van der Waals surface area (Å²) < 4.78 is 0. The van der Waals surface area contributed by atoms with Crippen LogP contribution in [0.2, 0.25) is 0 Å². The zero-order chi connectivity index (χ0) is 18.0. The number of hydrogen-bond donors (Lipinski definition) is 2. The standard InChI is InChI=1S/C22H45N3/c1-2-3-4-5-6-7-8-9-10-11-12-13-14-15-16-17-22-24-20-21(25-22)18-19-23/h21H,2-20,23H2,1H3,(H,24,25). The number of unbranched alkanes of at least 4 members (excludes halogenated alkanes) is 14. The average molecular weight is 352 g/mol. The zero-order valence-corrected chi connectivity index (χ0v) is 17.0. The lowest BCUT2D eigenvalue weighted by molar-refractivity contribution is 0.533. The molecule has 148 valence electrons. The average Bonchev–Trinajstić information content (AvgIpc) is 3.06. The number of nitrogens with one attached hydrogen (secondary N) is 1. The summed E-state index contributed by atoms with van der Waals surface area (Å²) in [5, 5.41) is 3.44. The molecule has 1 aliphatic heterocycles. The van der Waals surface area contributed by atoms with Crippen molar-refractivity contribution in [3.8, 4) is 0 Å². The molecule has 0 aromatic carbocycles. The van der Waals surface area contributed by atoms with Gasteiger partial charge in [-0.2, -0.15) is 0 Å². The van der Waals surface area contributed by atoms with Gasteiger partial charge in [0.05, 0.1) is 11.9 Å². The van der Waals surface area contributed by atoms with E-state index in [4.69, 9.17) is 10.7 Å². The summed E-state index contributed by atoms with van der Waals surface area (Å²) in [6.07, 6.45) is 23.5. The Bertz CT molecular complexity index is 314. The molecule has 0 saturated heterocycles. The molecular weight excluding hydrogens is 306 g/mol. The van der Waals surface area contributed by atoms with Crippen molar-refractivity contribution in [3.05, 3.63) is 0 Å². The first-order valence-electron chi connectivity index (χ1n) is 11.4. The van der Waals surface area contributed by atoms with E-state index in [0.717, 1.165) is 25.9 Å². The van der Waals surface area contributed by atoms with Gasteiger partial charge in [-0.05, 0) is 19.4 Å². The van der Waals surface area contributed by atoms with Crippen LogP contribution in [0.1, 0.15) is 116 Å². The molecule has 0 aromatic heterocycles. The minimum absolute atomic E-state index is 0.441. The molecule has 3 N–H and O–H groups in total. The molecule has 1 unspecified atom stereocenters. The van der Waals surface area contributed by atoms with Gasteiger partial charge in [0.1, 0.15) is 0 Å². The van der Waals surface area contributed by atoms with Gasteiger partial charge >= 0.3 is 0 Å². The SMILES string of the molecule is CCCCCCCCCCCCCCCCCC1=NC(CCN)CN1. The van der Waals surface area contributed by atoms with Crippen LogP contribution in [0.25, 0.3) is 0 Å². The van der Waals surface area contributed by atoms with Crippen LogP contribution in [0, 0.1) is 0 Å². The number of hydrogen-bond acceptors (Lipinski definition) is 3. The monoisotopic (exact) mass is 351 g/mol. The maximum atomic E-state index is 5.59. The zero-order valence-electron chi connectivity index (χ0n) is 17.0. The van der Waals surface area contributed by atoms with Crippen molar-refractivity contribution in [1.82, 2.24) is 5.32 Å². The second-order valence-electron chi connectivity index (χ2n) is 7.89. The van der Waals surface area contributed by atoms with Gasteiger partial charge in [0.25, 0.3) is 0 Å². The maximum Gasteiger partial charge on any atom is 0.0968 e. The van der Waals surface area contributed by atoms with Crippen molar-refractivity contribution in [3.63, 3.8) is 0 Å². The largest absolute Gasteiger partial charge is 0.372 e. The molecule has 0 amide bonds. The van der Waals surface area contributed by atoms with Gasteiger partial charge in [-0.15, -0.1) is 0 Å². The number of nitrogens with two attached hydrogens (primary N) is 1. The second-order valence-corrected chi connectivity index (χ2v) is 7.89. The fourth-order valence-corrected chi connectivity index (χ4v) is 3.72. The summed E-state index contributed by atoms with van der Waals surface area (Å²) in [7, 11) is 0. The van der Waals surface area contributed by atoms with Crippen molar-refractivity contribution >= 4 is 5.84 Å². The third kappa shape index (κ3) is 13.3. The Morgan fingerprint density at radius 1 is 0.800 bits per heavy atom. The first-order chi connectivity index (χ1) is 12.4. The maximum absolute atomic E-state index is 5.59. The molecule has 25 heavy (non-hydrogen) atoms. The van der Waals surface area contributed by atoms with Crippen LogP contribution in [0.15, 0.2) is 4.99 Å². The van der Waals surface area contributed by atoms with E-state index in [1.54, 1.807) is 0 Å². The normalized spacial score (nSPS) is 16.9. The smallest absolute Gasteiger partial charge is 0.0968 e. The molecule has 0 bridgehead atoms. The molecule has 1 rings (SSSR count). The summed E-state index contributed by atoms with van der Waals surface area (Å²) in [6.45, 7) is 4.05. The fraction of sp³-hybridized carbons (Fsp3) is 0.955. The molecule has 0 aliphatic carbocycles. The van der Waals surface area contributed by atoms with Crippen molar-refractivity contribution < 1.29 is 0 Å². The molecule has 0 saturated carbocycles. The molecule has 0 radical (unpaired) electrons. The minimum Gasteiger partial charge on any atom is -0.372 e. The third-order valence-electron chi connectivity index (χ3n) is 5.40. The highest BCUT2D eigenvalue weighted by Gasteiger charge is 2.14. The molecule has 1 heterocycles.